The van der Waals surface area contributed by atoms with Gasteiger partial charge in [0.15, 0.2) is 0 Å². The van der Waals surface area contributed by atoms with E-state index in [1.54, 1.807) is 24.3 Å². The highest BCUT2D eigenvalue weighted by molar-refractivity contribution is 5.42. The molecule has 0 saturated carbocycles. The van der Waals surface area contributed by atoms with Gasteiger partial charge in [-0.1, -0.05) is 30.3 Å². The highest BCUT2D eigenvalue weighted by Crippen LogP contribution is 2.32. The molecular formula is C16H16F3NO3. The number of nitrogens with two attached hydrogens (primary N) is 1. The van der Waals surface area contributed by atoms with Crippen LogP contribution in [0.5, 0.6) is 11.5 Å². The van der Waals surface area contributed by atoms with Crippen LogP contribution in [0.2, 0.25) is 0 Å². The fourth-order valence-corrected chi connectivity index (χ4v) is 2.19. The molecule has 0 radical (unpaired) electrons. The Morgan fingerprint density at radius 2 is 1.74 bits per heavy atom. The van der Waals surface area contributed by atoms with Gasteiger partial charge in [-0.25, -0.2) is 0 Å². The topological polar surface area (TPSA) is 75.7 Å². The monoisotopic (exact) mass is 327 g/mol. The zero-order chi connectivity index (χ0) is 17.0. The van der Waals surface area contributed by atoms with E-state index in [0.29, 0.717) is 0 Å². The van der Waals surface area contributed by atoms with Crippen molar-refractivity contribution in [1.82, 2.24) is 0 Å². The minimum absolute atomic E-state index is 0.0184. The number of hydrogen-bond acceptors (Lipinski definition) is 4. The van der Waals surface area contributed by atoms with Crippen molar-refractivity contribution in [3.8, 4) is 11.5 Å². The number of halogens is 3. The zero-order valence-electron chi connectivity index (χ0n) is 12.0. The van der Waals surface area contributed by atoms with Crippen molar-refractivity contribution >= 4 is 0 Å². The number of ether oxygens (including phenoxy) is 1. The minimum atomic E-state index is -4.85. The average molecular weight is 327 g/mol. The summed E-state index contributed by atoms with van der Waals surface area (Å²) in [4.78, 5) is 0. The van der Waals surface area contributed by atoms with E-state index in [9.17, 15) is 23.4 Å². The maximum Gasteiger partial charge on any atom is 0.573 e. The summed E-state index contributed by atoms with van der Waals surface area (Å²) in [7, 11) is 0. The van der Waals surface area contributed by atoms with Gasteiger partial charge in [-0.3, -0.25) is 0 Å². The third-order valence-electron chi connectivity index (χ3n) is 3.29. The van der Waals surface area contributed by atoms with Gasteiger partial charge in [-0.2, -0.15) is 0 Å². The number of phenolic OH excluding ortho intramolecular Hbond substituents is 1. The Hall–Kier alpha value is -2.25. The number of alkyl halides is 3. The summed E-state index contributed by atoms with van der Waals surface area (Å²) in [6.07, 6.45) is -5.73. The molecule has 124 valence electrons. The van der Waals surface area contributed by atoms with Crippen LogP contribution in [0.4, 0.5) is 13.2 Å². The van der Waals surface area contributed by atoms with Gasteiger partial charge >= 0.3 is 6.36 Å². The molecule has 0 unspecified atom stereocenters. The van der Waals surface area contributed by atoms with Gasteiger partial charge in [0.05, 0.1) is 12.1 Å². The molecule has 0 aromatic heterocycles. The molecular weight excluding hydrogens is 311 g/mol. The summed E-state index contributed by atoms with van der Waals surface area (Å²) in [5.41, 5.74) is 6.67. The van der Waals surface area contributed by atoms with Crippen LogP contribution < -0.4 is 10.5 Å². The second-order valence-electron chi connectivity index (χ2n) is 5.05. The second kappa shape index (κ2) is 6.89. The predicted molar refractivity (Wildman–Crippen MR) is 77.9 cm³/mol. The van der Waals surface area contributed by atoms with Crippen molar-refractivity contribution in [1.29, 1.82) is 0 Å². The van der Waals surface area contributed by atoms with E-state index in [0.717, 1.165) is 23.8 Å². The van der Waals surface area contributed by atoms with Crippen LogP contribution in [-0.4, -0.2) is 22.7 Å². The van der Waals surface area contributed by atoms with Crippen LogP contribution in [0.1, 0.15) is 17.2 Å². The lowest BCUT2D eigenvalue weighted by atomic mass is 9.96. The van der Waals surface area contributed by atoms with E-state index >= 15 is 0 Å². The minimum Gasteiger partial charge on any atom is -0.508 e. The summed E-state index contributed by atoms with van der Waals surface area (Å²) in [5.74, 6) is -0.813. The fourth-order valence-electron chi connectivity index (χ4n) is 2.19. The van der Waals surface area contributed by atoms with E-state index in [-0.39, 0.29) is 17.7 Å². The van der Waals surface area contributed by atoms with Gasteiger partial charge in [0.1, 0.15) is 11.5 Å². The van der Waals surface area contributed by atoms with Crippen LogP contribution in [0.15, 0.2) is 48.5 Å². The Balaban J connectivity index is 2.17. The van der Waals surface area contributed by atoms with E-state index in [4.69, 9.17) is 5.73 Å². The van der Waals surface area contributed by atoms with Crippen molar-refractivity contribution in [3.63, 3.8) is 0 Å². The molecule has 0 bridgehead atoms. The van der Waals surface area contributed by atoms with Crippen LogP contribution in [0.25, 0.3) is 0 Å². The van der Waals surface area contributed by atoms with Crippen molar-refractivity contribution in [2.24, 2.45) is 5.73 Å². The van der Waals surface area contributed by atoms with Crippen molar-refractivity contribution < 1.29 is 28.1 Å². The third kappa shape index (κ3) is 4.87. The first-order valence-electron chi connectivity index (χ1n) is 6.82. The standard InChI is InChI=1S/C16H16F3NO3/c17-16(18,19)23-11-6-7-13(21)12(9-11)15(20)14(22)8-10-4-2-1-3-5-10/h1-7,9,14-15,21-22H,8,20H2/t14-,15+/m1/s1. The molecule has 2 aromatic carbocycles. The Morgan fingerprint density at radius 3 is 2.35 bits per heavy atom. The summed E-state index contributed by atoms with van der Waals surface area (Å²) < 4.78 is 40.6. The summed E-state index contributed by atoms with van der Waals surface area (Å²) >= 11 is 0. The number of hydrogen-bond donors (Lipinski definition) is 3. The lowest BCUT2D eigenvalue weighted by Crippen LogP contribution is -2.28. The van der Waals surface area contributed by atoms with Crippen molar-refractivity contribution in [3.05, 3.63) is 59.7 Å². The van der Waals surface area contributed by atoms with Gasteiger partial charge in [-0.15, -0.1) is 13.2 Å². The number of rotatable bonds is 5. The highest BCUT2D eigenvalue weighted by Gasteiger charge is 2.32. The van der Waals surface area contributed by atoms with Crippen LogP contribution in [0.3, 0.4) is 0 Å². The maximum absolute atomic E-state index is 12.3. The Bertz CT molecular complexity index is 647. The number of aliphatic hydroxyl groups excluding tert-OH is 1. The van der Waals surface area contributed by atoms with Crippen molar-refractivity contribution in [2.75, 3.05) is 0 Å². The molecule has 2 rings (SSSR count). The third-order valence-corrected chi connectivity index (χ3v) is 3.29. The number of aliphatic hydroxyl groups is 1. The normalized spacial score (nSPS) is 14.3. The van der Waals surface area contributed by atoms with E-state index < -0.39 is 24.3 Å². The van der Waals surface area contributed by atoms with Gasteiger partial charge in [0.25, 0.3) is 0 Å². The molecule has 0 aliphatic rings. The molecule has 0 aliphatic heterocycles. The SMILES string of the molecule is N[C@@H](c1cc(OC(F)(F)F)ccc1O)[C@H](O)Cc1ccccc1. The molecule has 0 amide bonds. The lowest BCUT2D eigenvalue weighted by molar-refractivity contribution is -0.274. The number of benzene rings is 2. The zero-order valence-corrected chi connectivity index (χ0v) is 12.0. The summed E-state index contributed by atoms with van der Waals surface area (Å²) in [6, 6.07) is 10.9. The molecule has 0 aliphatic carbocycles. The van der Waals surface area contributed by atoms with E-state index in [2.05, 4.69) is 4.74 Å². The molecule has 0 saturated heterocycles. The molecule has 0 spiro atoms. The van der Waals surface area contributed by atoms with Gasteiger partial charge in [0, 0.05) is 12.0 Å². The van der Waals surface area contributed by atoms with Gasteiger partial charge < -0.3 is 20.7 Å². The maximum atomic E-state index is 12.3. The molecule has 4 N–H and O–H groups in total. The smallest absolute Gasteiger partial charge is 0.508 e. The number of phenols is 1. The fraction of sp³-hybridized carbons (Fsp3) is 0.250. The van der Waals surface area contributed by atoms with Gasteiger partial charge in [0.2, 0.25) is 0 Å². The van der Waals surface area contributed by atoms with Crippen LogP contribution in [-0.2, 0) is 6.42 Å². The molecule has 4 nitrogen and oxygen atoms in total. The quantitative estimate of drug-likeness (QED) is 0.789. The molecule has 0 fully saturated rings. The largest absolute Gasteiger partial charge is 0.573 e. The first-order valence-corrected chi connectivity index (χ1v) is 6.82. The molecule has 2 atom stereocenters. The Labute approximate surface area is 130 Å². The van der Waals surface area contributed by atoms with E-state index in [1.165, 1.54) is 0 Å². The Kier molecular flexibility index (Phi) is 5.12. The van der Waals surface area contributed by atoms with Gasteiger partial charge in [-0.05, 0) is 23.8 Å². The first-order chi connectivity index (χ1) is 10.8. The molecule has 23 heavy (non-hydrogen) atoms. The van der Waals surface area contributed by atoms with Crippen molar-refractivity contribution in [2.45, 2.75) is 24.9 Å². The Morgan fingerprint density at radius 1 is 1.09 bits per heavy atom. The van der Waals surface area contributed by atoms with Crippen LogP contribution in [0, 0.1) is 0 Å². The molecule has 7 heteroatoms. The molecule has 0 heterocycles. The lowest BCUT2D eigenvalue weighted by Gasteiger charge is -2.21. The summed E-state index contributed by atoms with van der Waals surface area (Å²) in [5, 5.41) is 20.0. The second-order valence-corrected chi connectivity index (χ2v) is 5.05. The summed E-state index contributed by atoms with van der Waals surface area (Å²) in [6.45, 7) is 0. The predicted octanol–water partition coefficient (Wildman–Crippen LogP) is 2.89. The first kappa shape index (κ1) is 17.1. The average Bonchev–Trinajstić information content (AvgIpc) is 2.48. The van der Waals surface area contributed by atoms with Crippen LogP contribution >= 0.6 is 0 Å². The van der Waals surface area contributed by atoms with E-state index in [1.807, 2.05) is 6.07 Å². The molecule has 2 aromatic rings. The number of aromatic hydroxyl groups is 1. The highest BCUT2D eigenvalue weighted by atomic mass is 19.4.